The van der Waals surface area contributed by atoms with Crippen molar-refractivity contribution in [3.8, 4) is 0 Å². The first-order valence-corrected chi connectivity index (χ1v) is 20.4. The lowest BCUT2D eigenvalue weighted by Crippen LogP contribution is -2.30. The van der Waals surface area contributed by atoms with Gasteiger partial charge in [-0.2, -0.15) is 0 Å². The van der Waals surface area contributed by atoms with E-state index in [1.54, 1.807) is 0 Å². The molecular formula is C45H74O6. The fourth-order valence-corrected chi connectivity index (χ4v) is 5.19. The SMILES string of the molecule is CC/C=C\C/C=C\C/C=C\CCCC(=O)OCC(COC(=O)CCCCCCCCCCCCC)OC(=O)CCC/C=C\C/C=C\C/C=C\CC. The average Bonchev–Trinajstić information content (AvgIpc) is 3.12. The van der Waals surface area contributed by atoms with Crippen LogP contribution in [0.2, 0.25) is 0 Å². The van der Waals surface area contributed by atoms with Crippen molar-refractivity contribution in [1.29, 1.82) is 0 Å². The lowest BCUT2D eigenvalue weighted by atomic mass is 10.1. The van der Waals surface area contributed by atoms with Crippen LogP contribution in [0.25, 0.3) is 0 Å². The molecule has 0 bridgehead atoms. The standard InChI is InChI=1S/C45H74O6/c1-4-7-10-13-16-19-22-25-28-31-34-37-43(46)49-40-42(51-45(48)39-36-33-30-27-24-21-18-15-12-9-6-3)41-50-44(47)38-35-32-29-26-23-20-17-14-11-8-5-2/h7,9-10,12,16,18-19,21,25,27-28,30,42H,4-6,8,11,13-15,17,20,22-24,26,29,31-41H2,1-3H3/b10-7-,12-9-,19-16-,21-18-,28-25-,30-27-. The van der Waals surface area contributed by atoms with Gasteiger partial charge in [0, 0.05) is 19.3 Å². The summed E-state index contributed by atoms with van der Waals surface area (Å²) in [6, 6.07) is 0. The highest BCUT2D eigenvalue weighted by molar-refractivity contribution is 5.71. The topological polar surface area (TPSA) is 78.9 Å². The predicted molar refractivity (Wildman–Crippen MR) is 214 cm³/mol. The lowest BCUT2D eigenvalue weighted by molar-refractivity contribution is -0.167. The molecule has 0 amide bonds. The molecule has 6 heteroatoms. The molecule has 0 rings (SSSR count). The highest BCUT2D eigenvalue weighted by Gasteiger charge is 2.19. The van der Waals surface area contributed by atoms with Crippen LogP contribution in [0.15, 0.2) is 72.9 Å². The number of esters is 3. The molecule has 0 aromatic heterocycles. The Labute approximate surface area is 312 Å². The molecule has 1 unspecified atom stereocenters. The molecule has 6 nitrogen and oxygen atoms in total. The molecule has 0 heterocycles. The van der Waals surface area contributed by atoms with Crippen LogP contribution in [0.3, 0.4) is 0 Å². The molecule has 0 aromatic rings. The highest BCUT2D eigenvalue weighted by atomic mass is 16.6. The smallest absolute Gasteiger partial charge is 0.306 e. The van der Waals surface area contributed by atoms with Crippen LogP contribution >= 0.6 is 0 Å². The summed E-state index contributed by atoms with van der Waals surface area (Å²) in [5.74, 6) is -1.04. The van der Waals surface area contributed by atoms with Gasteiger partial charge >= 0.3 is 17.9 Å². The van der Waals surface area contributed by atoms with Crippen molar-refractivity contribution in [3.05, 3.63) is 72.9 Å². The first-order valence-electron chi connectivity index (χ1n) is 20.4. The second-order valence-electron chi connectivity index (χ2n) is 13.1. The maximum atomic E-state index is 12.6. The summed E-state index contributed by atoms with van der Waals surface area (Å²) in [5, 5.41) is 0. The number of hydrogen-bond donors (Lipinski definition) is 0. The zero-order valence-corrected chi connectivity index (χ0v) is 32.8. The second kappa shape index (κ2) is 39.6. The molecule has 0 aliphatic heterocycles. The Hall–Kier alpha value is -3.15. The Morgan fingerprint density at radius 2 is 0.765 bits per heavy atom. The number of hydrogen-bond acceptors (Lipinski definition) is 6. The third-order valence-electron chi connectivity index (χ3n) is 8.21. The van der Waals surface area contributed by atoms with E-state index in [1.165, 1.54) is 51.4 Å². The minimum atomic E-state index is -0.816. The molecule has 0 N–H and O–H groups in total. The van der Waals surface area contributed by atoms with E-state index < -0.39 is 6.10 Å². The quantitative estimate of drug-likeness (QED) is 0.0282. The Bertz CT molecular complexity index is 1000. The number of carbonyl (C=O) groups excluding carboxylic acids is 3. The summed E-state index contributed by atoms with van der Waals surface area (Å²) in [7, 11) is 0. The number of rotatable bonds is 35. The molecule has 0 aliphatic rings. The molecule has 0 radical (unpaired) electrons. The van der Waals surface area contributed by atoms with Gasteiger partial charge in [-0.15, -0.1) is 0 Å². The van der Waals surface area contributed by atoms with Crippen molar-refractivity contribution in [1.82, 2.24) is 0 Å². The van der Waals surface area contributed by atoms with Gasteiger partial charge in [-0.25, -0.2) is 0 Å². The molecule has 0 aliphatic carbocycles. The summed E-state index contributed by atoms with van der Waals surface area (Å²) in [4.78, 5) is 37.5. The third-order valence-corrected chi connectivity index (χ3v) is 8.21. The van der Waals surface area contributed by atoms with E-state index in [9.17, 15) is 14.4 Å². The molecular weight excluding hydrogens is 636 g/mol. The molecule has 0 aromatic carbocycles. The minimum absolute atomic E-state index is 0.111. The van der Waals surface area contributed by atoms with Crippen LogP contribution in [0.1, 0.15) is 175 Å². The fourth-order valence-electron chi connectivity index (χ4n) is 5.19. The van der Waals surface area contributed by atoms with Gasteiger partial charge in [0.2, 0.25) is 0 Å². The number of ether oxygens (including phenoxy) is 3. The molecule has 0 saturated carbocycles. The Morgan fingerprint density at radius 3 is 1.20 bits per heavy atom. The molecule has 0 saturated heterocycles. The van der Waals surface area contributed by atoms with Gasteiger partial charge in [0.1, 0.15) is 13.2 Å². The minimum Gasteiger partial charge on any atom is -0.462 e. The van der Waals surface area contributed by atoms with Crippen molar-refractivity contribution < 1.29 is 28.6 Å². The largest absolute Gasteiger partial charge is 0.462 e. The van der Waals surface area contributed by atoms with Crippen molar-refractivity contribution in [2.24, 2.45) is 0 Å². The van der Waals surface area contributed by atoms with Crippen LogP contribution in [-0.2, 0) is 28.6 Å². The Morgan fingerprint density at radius 1 is 0.412 bits per heavy atom. The van der Waals surface area contributed by atoms with E-state index in [0.29, 0.717) is 19.3 Å². The highest BCUT2D eigenvalue weighted by Crippen LogP contribution is 2.13. The van der Waals surface area contributed by atoms with E-state index >= 15 is 0 Å². The summed E-state index contributed by atoms with van der Waals surface area (Å²) in [6.07, 6.45) is 47.6. The Balaban J connectivity index is 4.53. The van der Waals surface area contributed by atoms with Gasteiger partial charge < -0.3 is 14.2 Å². The van der Waals surface area contributed by atoms with Crippen LogP contribution in [0.5, 0.6) is 0 Å². The molecule has 290 valence electrons. The van der Waals surface area contributed by atoms with Gasteiger partial charge in [-0.3, -0.25) is 14.4 Å². The second-order valence-corrected chi connectivity index (χ2v) is 13.1. The van der Waals surface area contributed by atoms with Gasteiger partial charge in [-0.05, 0) is 70.6 Å². The van der Waals surface area contributed by atoms with Crippen molar-refractivity contribution >= 4 is 17.9 Å². The first kappa shape index (κ1) is 47.8. The predicted octanol–water partition coefficient (Wildman–Crippen LogP) is 12.7. The number of carbonyl (C=O) groups is 3. The zero-order valence-electron chi connectivity index (χ0n) is 32.8. The first-order chi connectivity index (χ1) is 25.0. The lowest BCUT2D eigenvalue weighted by Gasteiger charge is -2.18. The van der Waals surface area contributed by atoms with E-state index in [1.807, 2.05) is 0 Å². The fraction of sp³-hybridized carbons (Fsp3) is 0.667. The number of allylic oxidation sites excluding steroid dienone is 12. The van der Waals surface area contributed by atoms with Gasteiger partial charge in [-0.1, -0.05) is 158 Å². The molecule has 51 heavy (non-hydrogen) atoms. The van der Waals surface area contributed by atoms with Crippen LogP contribution in [-0.4, -0.2) is 37.2 Å². The van der Waals surface area contributed by atoms with Crippen molar-refractivity contribution in [2.45, 2.75) is 181 Å². The summed E-state index contributed by atoms with van der Waals surface area (Å²) >= 11 is 0. The van der Waals surface area contributed by atoms with E-state index in [2.05, 4.69) is 93.7 Å². The van der Waals surface area contributed by atoms with Crippen LogP contribution in [0.4, 0.5) is 0 Å². The van der Waals surface area contributed by atoms with E-state index in [0.717, 1.165) is 70.6 Å². The summed E-state index contributed by atoms with van der Waals surface area (Å²) in [5.41, 5.74) is 0. The third kappa shape index (κ3) is 37.9. The molecule has 0 fully saturated rings. The molecule has 1 atom stereocenters. The zero-order chi connectivity index (χ0) is 37.3. The van der Waals surface area contributed by atoms with Crippen molar-refractivity contribution in [3.63, 3.8) is 0 Å². The normalized spacial score (nSPS) is 12.8. The average molecular weight is 711 g/mol. The summed E-state index contributed by atoms with van der Waals surface area (Å²) < 4.78 is 16.5. The van der Waals surface area contributed by atoms with E-state index in [-0.39, 0.29) is 44.0 Å². The maximum Gasteiger partial charge on any atom is 0.306 e. The van der Waals surface area contributed by atoms with Gasteiger partial charge in [0.25, 0.3) is 0 Å². The Kier molecular flexibility index (Phi) is 37.2. The maximum absolute atomic E-state index is 12.6. The summed E-state index contributed by atoms with van der Waals surface area (Å²) in [6.45, 7) is 6.26. The van der Waals surface area contributed by atoms with Crippen LogP contribution < -0.4 is 0 Å². The monoisotopic (exact) mass is 711 g/mol. The van der Waals surface area contributed by atoms with E-state index in [4.69, 9.17) is 14.2 Å². The molecule has 0 spiro atoms. The van der Waals surface area contributed by atoms with Crippen LogP contribution in [0, 0.1) is 0 Å². The van der Waals surface area contributed by atoms with Gasteiger partial charge in [0.15, 0.2) is 6.10 Å². The number of unbranched alkanes of at least 4 members (excludes halogenated alkanes) is 12. The van der Waals surface area contributed by atoms with Crippen molar-refractivity contribution in [2.75, 3.05) is 13.2 Å². The van der Waals surface area contributed by atoms with Gasteiger partial charge in [0.05, 0.1) is 0 Å².